The first-order chi connectivity index (χ1) is 15.9. The zero-order valence-electron chi connectivity index (χ0n) is 18.9. The highest BCUT2D eigenvalue weighted by molar-refractivity contribution is 6.36. The number of hydrogen-bond acceptors (Lipinski definition) is 4. The Labute approximate surface area is 206 Å². The van der Waals surface area contributed by atoms with Gasteiger partial charge >= 0.3 is 5.97 Å². The summed E-state index contributed by atoms with van der Waals surface area (Å²) in [6, 6.07) is 3.18. The van der Waals surface area contributed by atoms with Crippen LogP contribution in [0.2, 0.25) is 10.0 Å². The summed E-state index contributed by atoms with van der Waals surface area (Å²) < 4.78 is 5.26. The van der Waals surface area contributed by atoms with E-state index in [2.05, 4.69) is 23.5 Å². The molecular formula is C26H30Cl2N2O3. The third-order valence-electron chi connectivity index (χ3n) is 4.29. The summed E-state index contributed by atoms with van der Waals surface area (Å²) in [5.41, 5.74) is 1.47. The fourth-order valence-corrected chi connectivity index (χ4v) is 3.23. The van der Waals surface area contributed by atoms with Crippen molar-refractivity contribution in [3.8, 4) is 5.75 Å². The second-order valence-corrected chi connectivity index (χ2v) is 7.74. The summed E-state index contributed by atoms with van der Waals surface area (Å²) in [6.45, 7) is 10.1. The van der Waals surface area contributed by atoms with E-state index >= 15 is 0 Å². The first kappa shape index (κ1) is 28.1. The Balaban J connectivity index is 2.67. The molecule has 1 amide bonds. The van der Waals surface area contributed by atoms with Crippen LogP contribution in [0.3, 0.4) is 0 Å². The highest BCUT2D eigenvalue weighted by atomic mass is 35.5. The van der Waals surface area contributed by atoms with Gasteiger partial charge in [-0.1, -0.05) is 73.5 Å². The predicted octanol–water partition coefficient (Wildman–Crippen LogP) is 6.53. The van der Waals surface area contributed by atoms with Crippen molar-refractivity contribution < 1.29 is 14.3 Å². The zero-order valence-corrected chi connectivity index (χ0v) is 20.4. The standard InChI is InChI=1S/C26H30Cl2N2O3/c1-4-11-20(14-17-29-15-9-7-8-10-16-30-24(31)5-2)12-13-21-18-22(27)19-23(28)26(21)33-25(32)6-3/h4-6,11-14,17-19H,2-3,7-10,15-16H2,1H3,(H,30,31)/b11-4-,13-12+,20-14+,29-17?. The molecule has 0 aliphatic heterocycles. The van der Waals surface area contributed by atoms with Crippen molar-refractivity contribution in [2.24, 2.45) is 4.99 Å². The van der Waals surface area contributed by atoms with Crippen molar-refractivity contribution in [2.45, 2.75) is 32.6 Å². The number of nitrogens with one attached hydrogen (secondary N) is 1. The first-order valence-corrected chi connectivity index (χ1v) is 11.4. The lowest BCUT2D eigenvalue weighted by atomic mass is 10.1. The summed E-state index contributed by atoms with van der Waals surface area (Å²) in [7, 11) is 0. The number of benzene rings is 1. The van der Waals surface area contributed by atoms with E-state index in [1.807, 2.05) is 31.2 Å². The Morgan fingerprint density at radius 3 is 2.55 bits per heavy atom. The minimum absolute atomic E-state index is 0.134. The van der Waals surface area contributed by atoms with E-state index in [1.54, 1.807) is 18.4 Å². The maximum atomic E-state index is 11.6. The topological polar surface area (TPSA) is 67.8 Å². The van der Waals surface area contributed by atoms with Crippen molar-refractivity contribution in [3.63, 3.8) is 0 Å². The van der Waals surface area contributed by atoms with Crippen LogP contribution in [0.25, 0.3) is 6.08 Å². The van der Waals surface area contributed by atoms with Crippen molar-refractivity contribution in [3.05, 3.63) is 82.9 Å². The average molecular weight is 489 g/mol. The van der Waals surface area contributed by atoms with Gasteiger partial charge < -0.3 is 10.1 Å². The van der Waals surface area contributed by atoms with Crippen molar-refractivity contribution >= 4 is 47.4 Å². The third-order valence-corrected chi connectivity index (χ3v) is 4.79. The fourth-order valence-electron chi connectivity index (χ4n) is 2.68. The highest BCUT2D eigenvalue weighted by Gasteiger charge is 2.11. The summed E-state index contributed by atoms with van der Waals surface area (Å²) in [6.07, 6.45) is 17.5. The van der Waals surface area contributed by atoms with Gasteiger partial charge in [0.25, 0.3) is 0 Å². The summed E-state index contributed by atoms with van der Waals surface area (Å²) in [5.74, 6) is -0.517. The van der Waals surface area contributed by atoms with Crippen molar-refractivity contribution in [2.75, 3.05) is 13.1 Å². The van der Waals surface area contributed by atoms with Gasteiger partial charge in [-0.05, 0) is 49.6 Å². The third kappa shape index (κ3) is 12.1. The van der Waals surface area contributed by atoms with E-state index in [1.165, 1.54) is 12.1 Å². The van der Waals surface area contributed by atoms with Gasteiger partial charge in [0, 0.05) is 36.0 Å². The Bertz CT molecular complexity index is 947. The van der Waals surface area contributed by atoms with Gasteiger partial charge in [-0.25, -0.2) is 4.79 Å². The van der Waals surface area contributed by atoms with Crippen LogP contribution in [0.4, 0.5) is 0 Å². The number of carbonyl (C=O) groups excluding carboxylic acids is 2. The number of carbonyl (C=O) groups is 2. The molecule has 0 aliphatic rings. The second kappa shape index (κ2) is 16.7. The van der Waals surface area contributed by atoms with Crippen LogP contribution >= 0.6 is 23.2 Å². The van der Waals surface area contributed by atoms with Gasteiger partial charge in [-0.2, -0.15) is 0 Å². The van der Waals surface area contributed by atoms with Crippen LogP contribution in [-0.4, -0.2) is 31.2 Å². The minimum atomic E-state index is -0.605. The molecule has 0 aromatic heterocycles. The maximum absolute atomic E-state index is 11.6. The van der Waals surface area contributed by atoms with Gasteiger partial charge in [-0.15, -0.1) is 0 Å². The van der Waals surface area contributed by atoms with E-state index in [0.29, 0.717) is 17.1 Å². The number of rotatable bonds is 14. The number of nitrogens with zero attached hydrogens (tertiary/aromatic N) is 1. The van der Waals surface area contributed by atoms with E-state index in [9.17, 15) is 9.59 Å². The molecule has 0 saturated heterocycles. The Hall–Kier alpha value is -2.89. The number of ether oxygens (including phenoxy) is 1. The first-order valence-electron chi connectivity index (χ1n) is 10.7. The maximum Gasteiger partial charge on any atom is 0.335 e. The molecule has 5 nitrogen and oxygen atoms in total. The second-order valence-electron chi connectivity index (χ2n) is 6.90. The number of amides is 1. The lowest BCUT2D eigenvalue weighted by molar-refractivity contribution is -0.129. The molecule has 0 saturated carbocycles. The molecule has 0 fully saturated rings. The molecule has 176 valence electrons. The van der Waals surface area contributed by atoms with Gasteiger partial charge in [0.05, 0.1) is 5.02 Å². The van der Waals surface area contributed by atoms with Crippen LogP contribution in [0.1, 0.15) is 38.2 Å². The highest BCUT2D eigenvalue weighted by Crippen LogP contribution is 2.33. The molecule has 0 unspecified atom stereocenters. The quantitative estimate of drug-likeness (QED) is 0.0807. The van der Waals surface area contributed by atoms with Gasteiger partial charge in [-0.3, -0.25) is 9.79 Å². The van der Waals surface area contributed by atoms with Crippen LogP contribution in [-0.2, 0) is 9.59 Å². The van der Waals surface area contributed by atoms with Gasteiger partial charge in [0.1, 0.15) is 0 Å². The molecule has 1 aromatic rings. The minimum Gasteiger partial charge on any atom is -0.421 e. The van der Waals surface area contributed by atoms with Gasteiger partial charge in [0.15, 0.2) is 5.75 Å². The number of hydrogen-bond donors (Lipinski definition) is 1. The fraction of sp³-hybridized carbons (Fsp3) is 0.269. The number of halogens is 2. The molecule has 0 aliphatic carbocycles. The Morgan fingerprint density at radius 2 is 1.85 bits per heavy atom. The van der Waals surface area contributed by atoms with Gasteiger partial charge in [0.2, 0.25) is 5.91 Å². The van der Waals surface area contributed by atoms with Crippen molar-refractivity contribution in [1.29, 1.82) is 0 Å². The molecule has 0 atom stereocenters. The Morgan fingerprint density at radius 1 is 1.09 bits per heavy atom. The lowest BCUT2D eigenvalue weighted by Gasteiger charge is -2.09. The molecule has 1 N–H and O–H groups in total. The Kier molecular flexibility index (Phi) is 14.2. The lowest BCUT2D eigenvalue weighted by Crippen LogP contribution is -2.21. The summed E-state index contributed by atoms with van der Waals surface area (Å²) in [4.78, 5) is 27.1. The number of unbranched alkanes of at least 4 members (excludes halogenated alkanes) is 3. The zero-order chi connectivity index (χ0) is 24.5. The average Bonchev–Trinajstić information content (AvgIpc) is 2.79. The number of aliphatic imine (C=N–C) groups is 1. The van der Waals surface area contributed by atoms with Crippen LogP contribution < -0.4 is 10.1 Å². The number of esters is 1. The molecular weight excluding hydrogens is 459 g/mol. The molecule has 0 radical (unpaired) electrons. The summed E-state index contributed by atoms with van der Waals surface area (Å²) >= 11 is 12.3. The SMILES string of the molecule is C=CC(=O)NCCCCCCN=C/C=C(\C=C/C)/C=C/c1cc(Cl)cc(Cl)c1OC(=O)C=C. The van der Waals surface area contributed by atoms with Crippen LogP contribution in [0.15, 0.2) is 72.3 Å². The number of allylic oxidation sites excluding steroid dienone is 5. The molecule has 33 heavy (non-hydrogen) atoms. The summed E-state index contributed by atoms with van der Waals surface area (Å²) in [5, 5.41) is 3.43. The molecule has 1 rings (SSSR count). The van der Waals surface area contributed by atoms with Crippen LogP contribution in [0, 0.1) is 0 Å². The largest absolute Gasteiger partial charge is 0.421 e. The van der Waals surface area contributed by atoms with E-state index in [0.717, 1.165) is 43.9 Å². The monoisotopic (exact) mass is 488 g/mol. The van der Waals surface area contributed by atoms with Crippen molar-refractivity contribution in [1.82, 2.24) is 5.32 Å². The van der Waals surface area contributed by atoms with E-state index in [4.69, 9.17) is 27.9 Å². The molecule has 1 aromatic carbocycles. The smallest absolute Gasteiger partial charge is 0.335 e. The molecule has 0 bridgehead atoms. The van der Waals surface area contributed by atoms with E-state index in [-0.39, 0.29) is 16.7 Å². The molecule has 0 heterocycles. The van der Waals surface area contributed by atoms with E-state index < -0.39 is 5.97 Å². The predicted molar refractivity (Wildman–Crippen MR) is 139 cm³/mol. The molecule has 7 heteroatoms. The normalized spacial score (nSPS) is 11.9. The van der Waals surface area contributed by atoms with Crippen LogP contribution in [0.5, 0.6) is 5.75 Å². The molecule has 0 spiro atoms.